The summed E-state index contributed by atoms with van der Waals surface area (Å²) < 4.78 is 5.04. The monoisotopic (exact) mass is 407 g/mol. The topological polar surface area (TPSA) is 57.0 Å². The molecule has 1 aromatic heterocycles. The van der Waals surface area contributed by atoms with E-state index in [1.807, 2.05) is 11.0 Å². The van der Waals surface area contributed by atoms with E-state index in [1.54, 1.807) is 6.07 Å². The first-order valence-corrected chi connectivity index (χ1v) is 11.0. The smallest absolute Gasteiger partial charge is 0.257 e. The Bertz CT molecular complexity index is 880. The van der Waals surface area contributed by atoms with Crippen molar-refractivity contribution in [3.05, 3.63) is 60.1 Å². The number of hydrogen-bond donors (Lipinski definition) is 0. The number of furan rings is 1. The second kappa shape index (κ2) is 7.91. The van der Waals surface area contributed by atoms with E-state index in [0.29, 0.717) is 11.5 Å². The molecular formula is C24H29N3O3. The van der Waals surface area contributed by atoms with Crippen molar-refractivity contribution in [2.45, 2.75) is 25.8 Å². The highest BCUT2D eigenvalue weighted by Crippen LogP contribution is 2.60. The zero-order chi connectivity index (χ0) is 20.6. The first kappa shape index (κ1) is 19.4. The number of benzene rings is 1. The second-order valence-corrected chi connectivity index (χ2v) is 9.01. The Morgan fingerprint density at radius 3 is 2.33 bits per heavy atom. The van der Waals surface area contributed by atoms with Crippen LogP contribution in [0.15, 0.2) is 53.3 Å². The van der Waals surface area contributed by atoms with Gasteiger partial charge in [-0.2, -0.15) is 0 Å². The number of piperidine rings is 1. The molecule has 2 aromatic rings. The number of hydrogen-bond acceptors (Lipinski definition) is 4. The summed E-state index contributed by atoms with van der Waals surface area (Å²) in [5.74, 6) is 0.532. The van der Waals surface area contributed by atoms with Crippen molar-refractivity contribution >= 4 is 11.8 Å². The minimum absolute atomic E-state index is 0.0386. The van der Waals surface area contributed by atoms with Gasteiger partial charge in [0.1, 0.15) is 6.26 Å². The van der Waals surface area contributed by atoms with Crippen LogP contribution in [0.3, 0.4) is 0 Å². The molecule has 0 bridgehead atoms. The molecule has 1 spiro atoms. The summed E-state index contributed by atoms with van der Waals surface area (Å²) in [6.45, 7) is 5.95. The van der Waals surface area contributed by atoms with Crippen molar-refractivity contribution in [1.29, 1.82) is 0 Å². The lowest BCUT2D eigenvalue weighted by Gasteiger charge is -2.36. The molecule has 3 heterocycles. The van der Waals surface area contributed by atoms with Crippen LogP contribution < -0.4 is 0 Å². The maximum absolute atomic E-state index is 13.1. The highest BCUT2D eigenvalue weighted by molar-refractivity contribution is 5.94. The lowest BCUT2D eigenvalue weighted by Crippen LogP contribution is -2.49. The van der Waals surface area contributed by atoms with Gasteiger partial charge >= 0.3 is 0 Å². The highest BCUT2D eigenvalue weighted by Gasteiger charge is 2.59. The minimum atomic E-state index is 0.0386. The lowest BCUT2D eigenvalue weighted by atomic mass is 9.90. The molecule has 3 fully saturated rings. The van der Waals surface area contributed by atoms with Crippen LogP contribution in [0.5, 0.6) is 0 Å². The van der Waals surface area contributed by atoms with E-state index in [-0.39, 0.29) is 17.2 Å². The quantitative estimate of drug-likeness (QED) is 0.782. The highest BCUT2D eigenvalue weighted by atomic mass is 16.3. The van der Waals surface area contributed by atoms with Crippen molar-refractivity contribution in [3.63, 3.8) is 0 Å². The van der Waals surface area contributed by atoms with Crippen molar-refractivity contribution in [3.8, 4) is 0 Å². The van der Waals surface area contributed by atoms with E-state index in [2.05, 4.69) is 34.1 Å². The summed E-state index contributed by atoms with van der Waals surface area (Å²) in [5.41, 5.74) is 2.07. The maximum Gasteiger partial charge on any atom is 0.257 e. The van der Waals surface area contributed by atoms with E-state index in [1.165, 1.54) is 18.1 Å². The molecule has 2 saturated heterocycles. The third-order valence-electron chi connectivity index (χ3n) is 7.24. The second-order valence-electron chi connectivity index (χ2n) is 9.01. The Morgan fingerprint density at radius 2 is 1.67 bits per heavy atom. The Balaban J connectivity index is 1.10. The number of amides is 2. The summed E-state index contributed by atoms with van der Waals surface area (Å²) in [6.07, 6.45) is 5.90. The van der Waals surface area contributed by atoms with Gasteiger partial charge in [-0.25, -0.2) is 0 Å². The molecule has 158 valence electrons. The molecule has 1 aromatic carbocycles. The Morgan fingerprint density at radius 1 is 0.933 bits per heavy atom. The fourth-order valence-electron chi connectivity index (χ4n) is 5.16. The molecule has 2 amide bonds. The summed E-state index contributed by atoms with van der Waals surface area (Å²) in [7, 11) is 0. The molecule has 2 aliphatic heterocycles. The van der Waals surface area contributed by atoms with E-state index in [0.717, 1.165) is 65.1 Å². The lowest BCUT2D eigenvalue weighted by molar-refractivity contribution is -0.135. The van der Waals surface area contributed by atoms with E-state index in [4.69, 9.17) is 4.42 Å². The molecule has 6 nitrogen and oxygen atoms in total. The standard InChI is InChI=1S/C24H29N3O3/c28-22(20-6-15-30-18-20)26-9-7-24(8-10-26)16-21(24)23(29)27-13-11-25(12-14-27)17-19-4-2-1-3-5-19/h1-6,15,18,21H,7-14,16-17H2/t21-/m0/s1. The van der Waals surface area contributed by atoms with Gasteiger partial charge in [0.2, 0.25) is 5.91 Å². The average Bonchev–Trinajstić information content (AvgIpc) is 3.21. The van der Waals surface area contributed by atoms with Crippen LogP contribution in [0.1, 0.15) is 35.2 Å². The molecule has 0 radical (unpaired) electrons. The van der Waals surface area contributed by atoms with Crippen LogP contribution >= 0.6 is 0 Å². The van der Waals surface area contributed by atoms with Gasteiger partial charge in [-0.1, -0.05) is 30.3 Å². The largest absolute Gasteiger partial charge is 0.472 e. The predicted molar refractivity (Wildman–Crippen MR) is 113 cm³/mol. The van der Waals surface area contributed by atoms with Gasteiger partial charge < -0.3 is 14.2 Å². The fraction of sp³-hybridized carbons (Fsp3) is 0.500. The van der Waals surface area contributed by atoms with Gasteiger partial charge in [0, 0.05) is 51.7 Å². The van der Waals surface area contributed by atoms with E-state index < -0.39 is 0 Å². The summed E-state index contributed by atoms with van der Waals surface area (Å²) >= 11 is 0. The van der Waals surface area contributed by atoms with Crippen LogP contribution in [-0.2, 0) is 11.3 Å². The SMILES string of the molecule is O=C(c1ccoc1)N1CCC2(CC1)C[C@H]2C(=O)N1CCN(Cc2ccccc2)CC1. The predicted octanol–water partition coefficient (Wildman–Crippen LogP) is 2.87. The van der Waals surface area contributed by atoms with Gasteiger partial charge in [0.15, 0.2) is 0 Å². The minimum Gasteiger partial charge on any atom is -0.472 e. The van der Waals surface area contributed by atoms with Gasteiger partial charge in [0.05, 0.1) is 11.8 Å². The van der Waals surface area contributed by atoms with Crippen molar-refractivity contribution < 1.29 is 14.0 Å². The third-order valence-corrected chi connectivity index (χ3v) is 7.24. The summed E-state index contributed by atoms with van der Waals surface area (Å²) in [5, 5.41) is 0. The number of piperazine rings is 1. The summed E-state index contributed by atoms with van der Waals surface area (Å²) in [4.78, 5) is 32.0. The Labute approximate surface area is 177 Å². The first-order valence-electron chi connectivity index (χ1n) is 11.0. The number of nitrogens with zero attached hydrogens (tertiary/aromatic N) is 3. The molecule has 5 rings (SSSR count). The van der Waals surface area contributed by atoms with Gasteiger partial charge in [-0.05, 0) is 36.3 Å². The van der Waals surface area contributed by atoms with Crippen molar-refractivity contribution in [2.75, 3.05) is 39.3 Å². The first-order chi connectivity index (χ1) is 14.6. The number of rotatable bonds is 4. The van der Waals surface area contributed by atoms with Crippen LogP contribution in [-0.4, -0.2) is 65.8 Å². The molecule has 0 N–H and O–H groups in total. The molecule has 30 heavy (non-hydrogen) atoms. The van der Waals surface area contributed by atoms with E-state index in [9.17, 15) is 9.59 Å². The maximum atomic E-state index is 13.1. The Hall–Kier alpha value is -2.60. The number of carbonyl (C=O) groups is 2. The zero-order valence-corrected chi connectivity index (χ0v) is 17.3. The molecule has 0 unspecified atom stereocenters. The van der Waals surface area contributed by atoms with Gasteiger partial charge in [-0.15, -0.1) is 0 Å². The van der Waals surface area contributed by atoms with Crippen LogP contribution in [0.25, 0.3) is 0 Å². The molecule has 1 atom stereocenters. The van der Waals surface area contributed by atoms with E-state index >= 15 is 0 Å². The average molecular weight is 408 g/mol. The normalized spacial score (nSPS) is 23.5. The van der Waals surface area contributed by atoms with Crippen LogP contribution in [0, 0.1) is 11.3 Å². The number of likely N-dealkylation sites (tertiary alicyclic amines) is 1. The van der Waals surface area contributed by atoms with Crippen molar-refractivity contribution in [2.24, 2.45) is 11.3 Å². The Kier molecular flexibility index (Phi) is 5.11. The molecular weight excluding hydrogens is 378 g/mol. The number of carbonyl (C=O) groups excluding carboxylic acids is 2. The molecule has 6 heteroatoms. The molecule has 1 saturated carbocycles. The van der Waals surface area contributed by atoms with Crippen molar-refractivity contribution in [1.82, 2.24) is 14.7 Å². The van der Waals surface area contributed by atoms with Gasteiger partial charge in [0.25, 0.3) is 5.91 Å². The fourth-order valence-corrected chi connectivity index (χ4v) is 5.16. The van der Waals surface area contributed by atoms with Gasteiger partial charge in [-0.3, -0.25) is 14.5 Å². The summed E-state index contributed by atoms with van der Waals surface area (Å²) in [6, 6.07) is 12.2. The van der Waals surface area contributed by atoms with Crippen LogP contribution in [0.2, 0.25) is 0 Å². The molecule has 3 aliphatic rings. The molecule has 1 aliphatic carbocycles. The zero-order valence-electron chi connectivity index (χ0n) is 17.3. The third kappa shape index (κ3) is 3.76. The van der Waals surface area contributed by atoms with Crippen LogP contribution in [0.4, 0.5) is 0 Å².